The van der Waals surface area contributed by atoms with Crippen molar-refractivity contribution in [1.29, 1.82) is 0 Å². The first kappa shape index (κ1) is 9.54. The van der Waals surface area contributed by atoms with Crippen LogP contribution < -0.4 is 0 Å². The zero-order valence-electron chi connectivity index (χ0n) is 5.82. The second-order valence-electron chi connectivity index (χ2n) is 2.15. The molecule has 0 nitrogen and oxygen atoms in total. The molecule has 0 radical (unpaired) electrons. The van der Waals surface area contributed by atoms with E-state index in [1.807, 2.05) is 6.55 Å². The molecule has 3 heteroatoms. The van der Waals surface area contributed by atoms with Crippen LogP contribution >= 0.6 is 22.2 Å². The molecule has 0 unspecified atom stereocenters. The molecule has 54 valence electrons. The highest BCUT2D eigenvalue weighted by molar-refractivity contribution is 7.45. The van der Waals surface area contributed by atoms with E-state index in [2.05, 4.69) is 19.1 Å². The lowest BCUT2D eigenvalue weighted by molar-refractivity contribution is 1.22. The summed E-state index contributed by atoms with van der Waals surface area (Å²) >= 11 is 11.6. The third-order valence-corrected chi connectivity index (χ3v) is 2.76. The minimum atomic E-state index is -1.84. The average Bonchev–Trinajstić information content (AvgIpc) is 1.63. The SMILES string of the molecule is CC/C=C/C[Si](C)(Cl)Cl. The molecule has 0 saturated heterocycles. The molecule has 0 aromatic heterocycles. The summed E-state index contributed by atoms with van der Waals surface area (Å²) in [6.07, 6.45) is 5.22. The fraction of sp³-hybridized carbons (Fsp3) is 0.667. The molecule has 9 heavy (non-hydrogen) atoms. The molecule has 0 heterocycles. The van der Waals surface area contributed by atoms with Crippen molar-refractivity contribution in [2.75, 3.05) is 0 Å². The van der Waals surface area contributed by atoms with E-state index >= 15 is 0 Å². The molecule has 0 bridgehead atoms. The second kappa shape index (κ2) is 4.37. The minimum Gasteiger partial charge on any atom is -0.146 e. The monoisotopic (exact) mass is 182 g/mol. The zero-order valence-corrected chi connectivity index (χ0v) is 8.34. The molecule has 0 atom stereocenters. The van der Waals surface area contributed by atoms with Crippen molar-refractivity contribution in [3.63, 3.8) is 0 Å². The molecule has 0 rings (SSSR count). The van der Waals surface area contributed by atoms with Crippen molar-refractivity contribution >= 4 is 28.9 Å². The molecule has 0 spiro atoms. The van der Waals surface area contributed by atoms with Crippen LogP contribution in [0, 0.1) is 0 Å². The second-order valence-corrected chi connectivity index (χ2v) is 10.3. The summed E-state index contributed by atoms with van der Waals surface area (Å²) in [5, 5.41) is 0. The van der Waals surface area contributed by atoms with E-state index in [0.717, 1.165) is 12.5 Å². The third kappa shape index (κ3) is 8.54. The van der Waals surface area contributed by atoms with Gasteiger partial charge >= 0.3 is 0 Å². The normalized spacial score (nSPS) is 12.9. The van der Waals surface area contributed by atoms with E-state index in [4.69, 9.17) is 22.2 Å². The van der Waals surface area contributed by atoms with Crippen molar-refractivity contribution in [3.05, 3.63) is 12.2 Å². The Bertz CT molecular complexity index is 93.7. The van der Waals surface area contributed by atoms with E-state index < -0.39 is 6.69 Å². The molecule has 0 aromatic rings. The maximum atomic E-state index is 5.82. The molecule has 0 aliphatic carbocycles. The minimum absolute atomic E-state index is 0.865. The van der Waals surface area contributed by atoms with Gasteiger partial charge in [0.2, 0.25) is 0 Å². The maximum absolute atomic E-state index is 5.82. The zero-order chi connectivity index (χ0) is 7.33. The average molecular weight is 183 g/mol. The standard InChI is InChI=1S/C6H12Cl2Si/c1-3-4-5-6-9(2,7)8/h4-5H,3,6H2,1-2H3/b5-4+. The van der Waals surface area contributed by atoms with Gasteiger partial charge in [-0.25, -0.2) is 0 Å². The Kier molecular flexibility index (Phi) is 4.63. The molecule has 0 aliphatic rings. The Morgan fingerprint density at radius 3 is 2.22 bits per heavy atom. The summed E-state index contributed by atoms with van der Waals surface area (Å²) in [4.78, 5) is 0. The van der Waals surface area contributed by atoms with Gasteiger partial charge in [-0.3, -0.25) is 0 Å². The van der Waals surface area contributed by atoms with Crippen molar-refractivity contribution in [2.24, 2.45) is 0 Å². The number of hydrogen-bond acceptors (Lipinski definition) is 0. The number of hydrogen-bond donors (Lipinski definition) is 0. The smallest absolute Gasteiger partial charge is 0.146 e. The molecular formula is C6H12Cl2Si. The van der Waals surface area contributed by atoms with Gasteiger partial charge in [0.15, 0.2) is 0 Å². The predicted molar refractivity (Wildman–Crippen MR) is 47.6 cm³/mol. The topological polar surface area (TPSA) is 0 Å². The highest BCUT2D eigenvalue weighted by Gasteiger charge is 2.17. The number of rotatable bonds is 3. The van der Waals surface area contributed by atoms with Crippen LogP contribution in [0.5, 0.6) is 0 Å². The Balaban J connectivity index is 3.38. The van der Waals surface area contributed by atoms with Crippen molar-refractivity contribution < 1.29 is 0 Å². The Morgan fingerprint density at radius 2 is 1.89 bits per heavy atom. The first-order chi connectivity index (χ1) is 4.06. The molecule has 0 aliphatic heterocycles. The van der Waals surface area contributed by atoms with Crippen LogP contribution in [0.3, 0.4) is 0 Å². The van der Waals surface area contributed by atoms with Crippen LogP contribution in [0.25, 0.3) is 0 Å². The van der Waals surface area contributed by atoms with Crippen LogP contribution in [-0.4, -0.2) is 6.69 Å². The van der Waals surface area contributed by atoms with E-state index in [-0.39, 0.29) is 0 Å². The van der Waals surface area contributed by atoms with Gasteiger partial charge in [0.05, 0.1) is 0 Å². The highest BCUT2D eigenvalue weighted by Crippen LogP contribution is 2.19. The summed E-state index contributed by atoms with van der Waals surface area (Å²) in [6, 6.07) is 0.865. The summed E-state index contributed by atoms with van der Waals surface area (Å²) in [6.45, 7) is 2.18. The van der Waals surface area contributed by atoms with Gasteiger partial charge in [0.1, 0.15) is 0 Å². The van der Waals surface area contributed by atoms with Crippen LogP contribution in [-0.2, 0) is 0 Å². The fourth-order valence-corrected chi connectivity index (χ4v) is 1.57. The molecule has 0 aromatic carbocycles. The third-order valence-electron chi connectivity index (χ3n) is 0.879. The van der Waals surface area contributed by atoms with Crippen LogP contribution in [0.4, 0.5) is 0 Å². The van der Waals surface area contributed by atoms with Crippen molar-refractivity contribution in [3.8, 4) is 0 Å². The molecule has 0 saturated carbocycles. The lowest BCUT2D eigenvalue weighted by atomic mass is 10.4. The van der Waals surface area contributed by atoms with Gasteiger partial charge < -0.3 is 0 Å². The molecule has 0 N–H and O–H groups in total. The first-order valence-electron chi connectivity index (χ1n) is 3.09. The van der Waals surface area contributed by atoms with E-state index in [0.29, 0.717) is 0 Å². The van der Waals surface area contributed by atoms with E-state index in [1.165, 1.54) is 0 Å². The number of halogens is 2. The van der Waals surface area contributed by atoms with Gasteiger partial charge in [-0.05, 0) is 19.0 Å². The summed E-state index contributed by atoms with van der Waals surface area (Å²) < 4.78 is 0. The van der Waals surface area contributed by atoms with Crippen LogP contribution in [0.2, 0.25) is 12.6 Å². The lowest BCUT2D eigenvalue weighted by Crippen LogP contribution is -2.09. The quantitative estimate of drug-likeness (QED) is 0.357. The van der Waals surface area contributed by atoms with Gasteiger partial charge in [-0.15, -0.1) is 22.2 Å². The molecule has 0 amide bonds. The van der Waals surface area contributed by atoms with Crippen molar-refractivity contribution in [2.45, 2.75) is 25.9 Å². The Labute approximate surface area is 67.3 Å². The van der Waals surface area contributed by atoms with Crippen LogP contribution in [0.15, 0.2) is 12.2 Å². The van der Waals surface area contributed by atoms with Gasteiger partial charge in [0, 0.05) is 0 Å². The number of allylic oxidation sites excluding steroid dienone is 2. The van der Waals surface area contributed by atoms with Gasteiger partial charge in [-0.1, -0.05) is 19.1 Å². The summed E-state index contributed by atoms with van der Waals surface area (Å²) in [5.74, 6) is 0. The van der Waals surface area contributed by atoms with E-state index in [1.54, 1.807) is 0 Å². The van der Waals surface area contributed by atoms with Crippen molar-refractivity contribution in [1.82, 2.24) is 0 Å². The van der Waals surface area contributed by atoms with E-state index in [9.17, 15) is 0 Å². The Morgan fingerprint density at radius 1 is 1.33 bits per heavy atom. The maximum Gasteiger partial charge on any atom is 0.252 e. The molecule has 0 fully saturated rings. The molecular weight excluding hydrogens is 171 g/mol. The highest BCUT2D eigenvalue weighted by atomic mass is 35.7. The Hall–Kier alpha value is 0.537. The summed E-state index contributed by atoms with van der Waals surface area (Å²) in [7, 11) is 0. The summed E-state index contributed by atoms with van der Waals surface area (Å²) in [5.41, 5.74) is 0. The van der Waals surface area contributed by atoms with Crippen LogP contribution in [0.1, 0.15) is 13.3 Å². The lowest BCUT2D eigenvalue weighted by Gasteiger charge is -2.03. The first-order valence-corrected chi connectivity index (χ1v) is 7.82. The fourth-order valence-electron chi connectivity index (χ4n) is 0.457. The largest absolute Gasteiger partial charge is 0.252 e. The van der Waals surface area contributed by atoms with Gasteiger partial charge in [-0.2, -0.15) is 0 Å². The van der Waals surface area contributed by atoms with Gasteiger partial charge in [0.25, 0.3) is 6.69 Å². The predicted octanol–water partition coefficient (Wildman–Crippen LogP) is 3.50.